The predicted octanol–water partition coefficient (Wildman–Crippen LogP) is 5.94. The van der Waals surface area contributed by atoms with Crippen LogP contribution in [0.4, 0.5) is 11.4 Å². The van der Waals surface area contributed by atoms with Gasteiger partial charge in [0.05, 0.1) is 11.7 Å². The Bertz CT molecular complexity index is 1050. The zero-order valence-corrected chi connectivity index (χ0v) is 17.5. The van der Waals surface area contributed by atoms with E-state index in [1.165, 1.54) is 6.26 Å². The minimum absolute atomic E-state index is 0.0278. The van der Waals surface area contributed by atoms with Crippen LogP contribution in [0.3, 0.4) is 0 Å². The zero-order valence-electron chi connectivity index (χ0n) is 16.7. The number of rotatable bonds is 5. The van der Waals surface area contributed by atoms with Gasteiger partial charge in [-0.05, 0) is 67.3 Å². The van der Waals surface area contributed by atoms with Gasteiger partial charge in [0.2, 0.25) is 5.91 Å². The molecule has 1 aliphatic rings. The zero-order chi connectivity index (χ0) is 21.1. The number of anilines is 2. The highest BCUT2D eigenvalue weighted by molar-refractivity contribution is 6.30. The van der Waals surface area contributed by atoms with Gasteiger partial charge in [-0.25, -0.2) is 0 Å². The number of amides is 2. The summed E-state index contributed by atoms with van der Waals surface area (Å²) in [6.07, 6.45) is 5.07. The van der Waals surface area contributed by atoms with E-state index in [0.29, 0.717) is 16.4 Å². The maximum Gasteiger partial charge on any atom is 0.291 e. The molecule has 0 atom stereocenters. The molecule has 30 heavy (non-hydrogen) atoms. The standard InChI is InChI=1S/C24H23ClN2O3/c1-16-6-11-19(26-22(28)21-5-4-14-30-21)15-20(16)27-23(29)24(12-2-3-13-24)17-7-9-18(25)10-8-17/h4-11,14-15H,2-3,12-13H2,1H3,(H,26,28)(H,27,29). The normalized spacial score (nSPS) is 15.0. The van der Waals surface area contributed by atoms with Crippen molar-refractivity contribution in [2.75, 3.05) is 10.6 Å². The number of benzene rings is 2. The smallest absolute Gasteiger partial charge is 0.291 e. The molecule has 6 heteroatoms. The third-order valence-corrected chi connectivity index (χ3v) is 6.03. The molecule has 3 aromatic rings. The summed E-state index contributed by atoms with van der Waals surface area (Å²) in [6.45, 7) is 1.93. The molecule has 1 aromatic heterocycles. The number of halogens is 1. The third kappa shape index (κ3) is 3.98. The molecule has 0 bridgehead atoms. The van der Waals surface area contributed by atoms with Crippen LogP contribution in [0.5, 0.6) is 0 Å². The molecule has 1 fully saturated rings. The van der Waals surface area contributed by atoms with Crippen LogP contribution in [-0.2, 0) is 10.2 Å². The Morgan fingerprint density at radius 3 is 2.40 bits per heavy atom. The van der Waals surface area contributed by atoms with E-state index < -0.39 is 5.41 Å². The monoisotopic (exact) mass is 422 g/mol. The van der Waals surface area contributed by atoms with Gasteiger partial charge in [0.25, 0.3) is 5.91 Å². The molecule has 0 spiro atoms. The van der Waals surface area contributed by atoms with Crippen LogP contribution in [0.2, 0.25) is 5.02 Å². The summed E-state index contributed by atoms with van der Waals surface area (Å²) in [5.41, 5.74) is 2.61. The van der Waals surface area contributed by atoms with E-state index in [1.54, 1.807) is 24.3 Å². The van der Waals surface area contributed by atoms with Crippen LogP contribution in [0.25, 0.3) is 0 Å². The molecule has 1 heterocycles. The minimum Gasteiger partial charge on any atom is -0.459 e. The van der Waals surface area contributed by atoms with Crippen LogP contribution in [0.1, 0.15) is 47.4 Å². The molecular weight excluding hydrogens is 400 g/mol. The van der Waals surface area contributed by atoms with Gasteiger partial charge in [-0.15, -0.1) is 0 Å². The van der Waals surface area contributed by atoms with E-state index in [4.69, 9.17) is 16.0 Å². The molecule has 5 nitrogen and oxygen atoms in total. The molecule has 1 aliphatic carbocycles. The van der Waals surface area contributed by atoms with Gasteiger partial charge < -0.3 is 15.1 Å². The first-order valence-corrected chi connectivity index (χ1v) is 10.4. The summed E-state index contributed by atoms with van der Waals surface area (Å²) in [6, 6.07) is 16.3. The summed E-state index contributed by atoms with van der Waals surface area (Å²) >= 11 is 6.05. The average molecular weight is 423 g/mol. The van der Waals surface area contributed by atoms with Gasteiger partial charge >= 0.3 is 0 Å². The lowest BCUT2D eigenvalue weighted by Crippen LogP contribution is -2.38. The topological polar surface area (TPSA) is 71.3 Å². The molecule has 2 amide bonds. The highest BCUT2D eigenvalue weighted by Gasteiger charge is 2.42. The summed E-state index contributed by atoms with van der Waals surface area (Å²) < 4.78 is 5.13. The van der Waals surface area contributed by atoms with Crippen molar-refractivity contribution >= 4 is 34.8 Å². The second-order valence-corrected chi connectivity index (χ2v) is 8.15. The molecule has 0 unspecified atom stereocenters. The summed E-state index contributed by atoms with van der Waals surface area (Å²) in [4.78, 5) is 25.7. The Labute approximate surface area is 180 Å². The van der Waals surface area contributed by atoms with E-state index in [1.807, 2.05) is 37.3 Å². The van der Waals surface area contributed by atoms with Gasteiger partial charge in [-0.1, -0.05) is 42.6 Å². The molecule has 4 rings (SSSR count). The first kappa shape index (κ1) is 20.2. The fraction of sp³-hybridized carbons (Fsp3) is 0.250. The maximum atomic E-state index is 13.4. The lowest BCUT2D eigenvalue weighted by atomic mass is 9.78. The Kier molecular flexibility index (Phi) is 5.64. The second-order valence-electron chi connectivity index (χ2n) is 7.71. The van der Waals surface area contributed by atoms with Crippen LogP contribution in [0, 0.1) is 6.92 Å². The van der Waals surface area contributed by atoms with Crippen LogP contribution in [0.15, 0.2) is 65.3 Å². The Balaban J connectivity index is 1.57. The average Bonchev–Trinajstić information content (AvgIpc) is 3.44. The summed E-state index contributed by atoms with van der Waals surface area (Å²) in [5, 5.41) is 6.57. The van der Waals surface area contributed by atoms with Crippen LogP contribution in [-0.4, -0.2) is 11.8 Å². The van der Waals surface area contributed by atoms with Gasteiger partial charge in [-0.2, -0.15) is 0 Å². The quantitative estimate of drug-likeness (QED) is 0.534. The highest BCUT2D eigenvalue weighted by Crippen LogP contribution is 2.42. The van der Waals surface area contributed by atoms with Crippen molar-refractivity contribution in [3.63, 3.8) is 0 Å². The summed E-state index contributed by atoms with van der Waals surface area (Å²) in [7, 11) is 0. The maximum absolute atomic E-state index is 13.4. The van der Waals surface area contributed by atoms with Crippen molar-refractivity contribution < 1.29 is 14.0 Å². The highest BCUT2D eigenvalue weighted by atomic mass is 35.5. The molecule has 2 aromatic carbocycles. The molecule has 2 N–H and O–H groups in total. The van der Waals surface area contributed by atoms with E-state index in [2.05, 4.69) is 10.6 Å². The van der Waals surface area contributed by atoms with Crippen molar-refractivity contribution in [1.29, 1.82) is 0 Å². The number of hydrogen-bond acceptors (Lipinski definition) is 3. The number of carbonyl (C=O) groups excluding carboxylic acids is 2. The van der Waals surface area contributed by atoms with E-state index in [9.17, 15) is 9.59 Å². The minimum atomic E-state index is -0.565. The Morgan fingerprint density at radius 2 is 1.73 bits per heavy atom. The predicted molar refractivity (Wildman–Crippen MR) is 118 cm³/mol. The lowest BCUT2D eigenvalue weighted by Gasteiger charge is -2.29. The molecule has 1 saturated carbocycles. The number of hydrogen-bond donors (Lipinski definition) is 2. The van der Waals surface area contributed by atoms with Crippen molar-refractivity contribution in [3.8, 4) is 0 Å². The first-order chi connectivity index (χ1) is 14.5. The van der Waals surface area contributed by atoms with E-state index in [-0.39, 0.29) is 17.6 Å². The molecule has 154 valence electrons. The molecule has 0 saturated heterocycles. The SMILES string of the molecule is Cc1ccc(NC(=O)c2ccco2)cc1NC(=O)C1(c2ccc(Cl)cc2)CCCC1. The molecule has 0 radical (unpaired) electrons. The number of carbonyl (C=O) groups is 2. The van der Waals surface area contributed by atoms with Gasteiger partial charge in [-0.3, -0.25) is 9.59 Å². The van der Waals surface area contributed by atoms with Crippen molar-refractivity contribution in [2.24, 2.45) is 0 Å². The van der Waals surface area contributed by atoms with Crippen LogP contribution >= 0.6 is 11.6 Å². The van der Waals surface area contributed by atoms with E-state index >= 15 is 0 Å². The second kappa shape index (κ2) is 8.36. The molecular formula is C24H23ClN2O3. The van der Waals surface area contributed by atoms with Gasteiger partial charge in [0.15, 0.2) is 5.76 Å². The lowest BCUT2D eigenvalue weighted by molar-refractivity contribution is -0.121. The number of nitrogens with one attached hydrogen (secondary N) is 2. The Morgan fingerprint density at radius 1 is 1.00 bits per heavy atom. The third-order valence-electron chi connectivity index (χ3n) is 5.78. The van der Waals surface area contributed by atoms with Crippen molar-refractivity contribution in [3.05, 3.63) is 82.8 Å². The first-order valence-electron chi connectivity index (χ1n) is 10.0. The number of aryl methyl sites for hydroxylation is 1. The Hall–Kier alpha value is -3.05. The number of furan rings is 1. The van der Waals surface area contributed by atoms with Crippen molar-refractivity contribution in [2.45, 2.75) is 38.0 Å². The summed E-state index contributed by atoms with van der Waals surface area (Å²) in [5.74, 6) is -0.136. The van der Waals surface area contributed by atoms with Crippen molar-refractivity contribution in [1.82, 2.24) is 0 Å². The van der Waals surface area contributed by atoms with Gasteiger partial charge in [0.1, 0.15) is 0 Å². The molecule has 0 aliphatic heterocycles. The van der Waals surface area contributed by atoms with E-state index in [0.717, 1.165) is 36.8 Å². The fourth-order valence-electron chi connectivity index (χ4n) is 4.07. The van der Waals surface area contributed by atoms with Crippen LogP contribution < -0.4 is 10.6 Å². The fourth-order valence-corrected chi connectivity index (χ4v) is 4.20. The van der Waals surface area contributed by atoms with Gasteiger partial charge in [0, 0.05) is 16.4 Å². The largest absolute Gasteiger partial charge is 0.459 e.